The van der Waals surface area contributed by atoms with Crippen molar-refractivity contribution in [3.8, 4) is 18.1 Å². The van der Waals surface area contributed by atoms with Gasteiger partial charge in [-0.15, -0.1) is 6.42 Å². The minimum absolute atomic E-state index is 0.156. The molecule has 0 N–H and O–H groups in total. The molecule has 22 heavy (non-hydrogen) atoms. The van der Waals surface area contributed by atoms with E-state index in [2.05, 4.69) is 21.9 Å². The first-order valence-corrected chi connectivity index (χ1v) is 7.55. The van der Waals surface area contributed by atoms with Crippen LogP contribution in [-0.2, 0) is 4.79 Å². The Morgan fingerprint density at radius 3 is 2.68 bits per heavy atom. The van der Waals surface area contributed by atoms with E-state index in [1.807, 2.05) is 0 Å². The number of allylic oxidation sites excluding steroid dienone is 1. The van der Waals surface area contributed by atoms with Crippen LogP contribution >= 0.6 is 15.9 Å². The van der Waals surface area contributed by atoms with Gasteiger partial charge < -0.3 is 9.64 Å². The molecule has 0 saturated carbocycles. The highest BCUT2D eigenvalue weighted by Crippen LogP contribution is 2.30. The van der Waals surface area contributed by atoms with Crippen molar-refractivity contribution in [1.29, 1.82) is 0 Å². The van der Waals surface area contributed by atoms with E-state index in [4.69, 9.17) is 11.2 Å². The molecule has 1 aromatic rings. The topological polar surface area (TPSA) is 29.5 Å². The molecule has 0 fully saturated rings. The fraction of sp³-hybridized carbons (Fsp3) is 0.312. The predicted molar refractivity (Wildman–Crippen MR) is 83.8 cm³/mol. The molecule has 1 atom stereocenters. The number of amides is 1. The summed E-state index contributed by atoms with van der Waals surface area (Å²) in [6.45, 7) is -0.467. The maximum Gasteiger partial charge on any atom is 0.256 e. The smallest absolute Gasteiger partial charge is 0.256 e. The highest BCUT2D eigenvalue weighted by molar-refractivity contribution is 9.10. The lowest BCUT2D eigenvalue weighted by Gasteiger charge is -2.31. The van der Waals surface area contributed by atoms with E-state index in [-0.39, 0.29) is 12.5 Å². The molecule has 0 spiro atoms. The SMILES string of the molecule is C#CCOc1ccc(C2=CCC(Br)C(=O)N2CC(F)F)cc1. The molecule has 6 heteroatoms. The van der Waals surface area contributed by atoms with Crippen LogP contribution in [0.15, 0.2) is 30.3 Å². The van der Waals surface area contributed by atoms with E-state index in [9.17, 15) is 13.6 Å². The first-order chi connectivity index (χ1) is 10.5. The lowest BCUT2D eigenvalue weighted by molar-refractivity contribution is -0.129. The fourth-order valence-corrected chi connectivity index (χ4v) is 2.59. The Morgan fingerprint density at radius 1 is 1.41 bits per heavy atom. The molecule has 0 aliphatic carbocycles. The van der Waals surface area contributed by atoms with E-state index >= 15 is 0 Å². The lowest BCUT2D eigenvalue weighted by atomic mass is 10.0. The van der Waals surface area contributed by atoms with E-state index in [1.54, 1.807) is 30.3 Å². The summed E-state index contributed by atoms with van der Waals surface area (Å²) in [4.78, 5) is 12.8. The van der Waals surface area contributed by atoms with E-state index < -0.39 is 17.8 Å². The van der Waals surface area contributed by atoms with Gasteiger partial charge in [-0.3, -0.25) is 4.79 Å². The van der Waals surface area contributed by atoms with Gasteiger partial charge in [0.1, 0.15) is 12.4 Å². The zero-order chi connectivity index (χ0) is 16.1. The average Bonchev–Trinajstić information content (AvgIpc) is 2.50. The molecule has 1 aliphatic rings. The zero-order valence-electron chi connectivity index (χ0n) is 11.6. The second kappa shape index (κ2) is 7.41. The van der Waals surface area contributed by atoms with Crippen LogP contribution < -0.4 is 4.74 Å². The van der Waals surface area contributed by atoms with Crippen LogP contribution in [0.4, 0.5) is 8.78 Å². The van der Waals surface area contributed by atoms with Gasteiger partial charge in [0.15, 0.2) is 0 Å². The summed E-state index contributed by atoms with van der Waals surface area (Å²) in [5.74, 6) is 2.59. The van der Waals surface area contributed by atoms with E-state index in [0.717, 1.165) is 4.90 Å². The number of halogens is 3. The Bertz CT molecular complexity index is 608. The number of ether oxygens (including phenoxy) is 1. The molecule has 1 amide bonds. The summed E-state index contributed by atoms with van der Waals surface area (Å²) in [7, 11) is 0. The second-order valence-electron chi connectivity index (χ2n) is 4.65. The largest absolute Gasteiger partial charge is 0.481 e. The fourth-order valence-electron chi connectivity index (χ4n) is 2.16. The second-order valence-corrected chi connectivity index (χ2v) is 5.76. The van der Waals surface area contributed by atoms with Gasteiger partial charge >= 0.3 is 0 Å². The summed E-state index contributed by atoms with van der Waals surface area (Å²) in [5.41, 5.74) is 1.17. The van der Waals surface area contributed by atoms with Crippen LogP contribution in [0.25, 0.3) is 5.70 Å². The number of hydrogen-bond donors (Lipinski definition) is 0. The van der Waals surface area contributed by atoms with Crippen molar-refractivity contribution in [3.63, 3.8) is 0 Å². The van der Waals surface area contributed by atoms with Gasteiger partial charge in [0.2, 0.25) is 5.91 Å². The molecule has 0 saturated heterocycles. The Labute approximate surface area is 136 Å². The average molecular weight is 370 g/mol. The monoisotopic (exact) mass is 369 g/mol. The Morgan fingerprint density at radius 2 is 2.09 bits per heavy atom. The van der Waals surface area contributed by atoms with Crippen LogP contribution in [0.1, 0.15) is 12.0 Å². The molecule has 3 nitrogen and oxygen atoms in total. The van der Waals surface area contributed by atoms with Crippen LogP contribution in [0, 0.1) is 12.3 Å². The van der Waals surface area contributed by atoms with Gasteiger partial charge in [-0.05, 0) is 36.2 Å². The molecule has 0 bridgehead atoms. The van der Waals surface area contributed by atoms with Crippen molar-refractivity contribution in [2.45, 2.75) is 17.7 Å². The first kappa shape index (κ1) is 16.5. The summed E-state index contributed by atoms with van der Waals surface area (Å²) in [6, 6.07) is 6.83. The van der Waals surface area contributed by atoms with Gasteiger partial charge in [0, 0.05) is 5.70 Å². The van der Waals surface area contributed by atoms with Gasteiger partial charge in [-0.2, -0.15) is 0 Å². The molecule has 1 heterocycles. The van der Waals surface area contributed by atoms with Crippen LogP contribution in [0.3, 0.4) is 0 Å². The summed E-state index contributed by atoms with van der Waals surface area (Å²) < 4.78 is 30.7. The third-order valence-corrected chi connectivity index (χ3v) is 3.90. The molecule has 1 aliphatic heterocycles. The Hall–Kier alpha value is -1.87. The predicted octanol–water partition coefficient (Wildman–Crippen LogP) is 3.30. The van der Waals surface area contributed by atoms with Crippen LogP contribution in [0.2, 0.25) is 0 Å². The van der Waals surface area contributed by atoms with Crippen LogP contribution in [-0.4, -0.2) is 35.2 Å². The van der Waals surface area contributed by atoms with E-state index in [0.29, 0.717) is 23.4 Å². The number of hydrogen-bond acceptors (Lipinski definition) is 2. The number of rotatable bonds is 5. The molecular weight excluding hydrogens is 356 g/mol. The van der Waals surface area contributed by atoms with Crippen molar-refractivity contribution in [3.05, 3.63) is 35.9 Å². The van der Waals surface area contributed by atoms with Crippen molar-refractivity contribution in [1.82, 2.24) is 4.90 Å². The number of nitrogens with zero attached hydrogens (tertiary/aromatic N) is 1. The van der Waals surface area contributed by atoms with Gasteiger partial charge in [0.25, 0.3) is 6.43 Å². The van der Waals surface area contributed by atoms with Gasteiger partial charge in [-0.1, -0.05) is 27.9 Å². The lowest BCUT2D eigenvalue weighted by Crippen LogP contribution is -2.40. The Kier molecular flexibility index (Phi) is 5.56. The van der Waals surface area contributed by atoms with Crippen molar-refractivity contribution in [2.75, 3.05) is 13.2 Å². The number of benzene rings is 1. The number of carbonyl (C=O) groups excluding carboxylic acids is 1. The quantitative estimate of drug-likeness (QED) is 0.588. The van der Waals surface area contributed by atoms with Crippen molar-refractivity contribution < 1.29 is 18.3 Å². The molecule has 2 rings (SSSR count). The molecule has 1 unspecified atom stereocenters. The Balaban J connectivity index is 2.24. The van der Waals surface area contributed by atoms with E-state index in [1.165, 1.54) is 0 Å². The minimum atomic E-state index is -2.59. The first-order valence-electron chi connectivity index (χ1n) is 6.63. The third-order valence-electron chi connectivity index (χ3n) is 3.14. The maximum absolute atomic E-state index is 12.7. The number of terminal acetylenes is 1. The van der Waals surface area contributed by atoms with Crippen LogP contribution in [0.5, 0.6) is 5.75 Å². The molecule has 1 aromatic carbocycles. The standard InChI is InChI=1S/C16H14BrF2NO2/c1-2-9-22-12-5-3-11(4-6-12)14-8-7-13(17)16(21)20(14)10-15(18)19/h1,3-6,8,13,15H,7,9-10H2. The minimum Gasteiger partial charge on any atom is -0.481 e. The normalized spacial score (nSPS) is 18.1. The molecular formula is C16H14BrF2NO2. The highest BCUT2D eigenvalue weighted by atomic mass is 79.9. The number of alkyl halides is 3. The molecule has 116 valence electrons. The van der Waals surface area contributed by atoms with Crippen molar-refractivity contribution >= 4 is 27.5 Å². The molecule has 0 aromatic heterocycles. The zero-order valence-corrected chi connectivity index (χ0v) is 13.2. The third kappa shape index (κ3) is 3.86. The van der Waals surface area contributed by atoms with Gasteiger partial charge in [-0.25, -0.2) is 8.78 Å². The van der Waals surface area contributed by atoms with Gasteiger partial charge in [0.05, 0.1) is 11.4 Å². The van der Waals surface area contributed by atoms with Crippen molar-refractivity contribution in [2.24, 2.45) is 0 Å². The summed E-state index contributed by atoms with van der Waals surface area (Å²) >= 11 is 3.20. The summed E-state index contributed by atoms with van der Waals surface area (Å²) in [6.07, 6.45) is 4.76. The molecule has 0 radical (unpaired) electrons. The number of carbonyl (C=O) groups is 1. The maximum atomic E-state index is 12.7. The highest BCUT2D eigenvalue weighted by Gasteiger charge is 2.31. The summed E-state index contributed by atoms with van der Waals surface area (Å²) in [5, 5.41) is 0.